The highest BCUT2D eigenvalue weighted by Crippen LogP contribution is 2.59. The van der Waals surface area contributed by atoms with Crippen LogP contribution in [0, 0.1) is 22.0 Å². The van der Waals surface area contributed by atoms with E-state index in [-0.39, 0.29) is 16.3 Å². The summed E-state index contributed by atoms with van der Waals surface area (Å²) in [5.74, 6) is 0.114. The van der Waals surface area contributed by atoms with E-state index in [9.17, 15) is 20.0 Å². The molecular weight excluding hydrogens is 334 g/mol. The Morgan fingerprint density at radius 3 is 2.54 bits per heavy atom. The number of carbonyl (C=O) groups is 1. The summed E-state index contributed by atoms with van der Waals surface area (Å²) >= 11 is 6.04. The molecule has 0 amide bonds. The van der Waals surface area contributed by atoms with E-state index >= 15 is 0 Å². The molecule has 0 aliphatic heterocycles. The summed E-state index contributed by atoms with van der Waals surface area (Å²) < 4.78 is 5.81. The van der Waals surface area contributed by atoms with Crippen molar-refractivity contribution in [2.24, 2.45) is 11.8 Å². The van der Waals surface area contributed by atoms with E-state index < -0.39 is 22.1 Å². The molecule has 6 nitrogen and oxygen atoms in total. The van der Waals surface area contributed by atoms with Crippen LogP contribution in [-0.4, -0.2) is 27.2 Å². The van der Waals surface area contributed by atoms with E-state index in [0.29, 0.717) is 18.3 Å². The van der Waals surface area contributed by atoms with Crippen LogP contribution in [0.3, 0.4) is 0 Å². The fourth-order valence-electron chi connectivity index (χ4n) is 5.29. The molecule has 4 aliphatic carbocycles. The van der Waals surface area contributed by atoms with E-state index in [0.717, 1.165) is 38.2 Å². The van der Waals surface area contributed by atoms with Crippen molar-refractivity contribution >= 4 is 23.3 Å². The molecular formula is C17H18ClNO5. The molecule has 1 N–H and O–H groups in total. The van der Waals surface area contributed by atoms with Gasteiger partial charge in [-0.1, -0.05) is 11.6 Å². The van der Waals surface area contributed by atoms with Crippen LogP contribution >= 0.6 is 11.6 Å². The maximum absolute atomic E-state index is 12.6. The van der Waals surface area contributed by atoms with E-state index in [4.69, 9.17) is 16.3 Å². The smallest absolute Gasteiger partial charge is 0.340 e. The second-order valence-corrected chi connectivity index (χ2v) is 8.09. The molecule has 0 aromatic heterocycles. The molecule has 5 rings (SSSR count). The zero-order valence-corrected chi connectivity index (χ0v) is 13.8. The molecule has 4 bridgehead atoms. The predicted octanol–water partition coefficient (Wildman–Crippen LogP) is 3.49. The highest BCUT2D eigenvalue weighted by Gasteiger charge is 2.59. The fourth-order valence-corrected chi connectivity index (χ4v) is 5.48. The highest BCUT2D eigenvalue weighted by molar-refractivity contribution is 6.33. The minimum absolute atomic E-state index is 0.00796. The minimum atomic E-state index is -0.739. The van der Waals surface area contributed by atoms with Gasteiger partial charge in [0.25, 0.3) is 5.69 Å². The van der Waals surface area contributed by atoms with Crippen molar-refractivity contribution in [2.75, 3.05) is 0 Å². The summed E-state index contributed by atoms with van der Waals surface area (Å²) in [6.45, 7) is 0. The van der Waals surface area contributed by atoms with Crippen molar-refractivity contribution in [1.82, 2.24) is 0 Å². The van der Waals surface area contributed by atoms with Gasteiger partial charge in [-0.3, -0.25) is 10.1 Å². The van der Waals surface area contributed by atoms with Crippen LogP contribution in [0.2, 0.25) is 5.02 Å². The fraction of sp³-hybridized carbons (Fsp3) is 0.588. The molecule has 128 valence electrons. The normalized spacial score (nSPS) is 36.6. The summed E-state index contributed by atoms with van der Waals surface area (Å²) in [6.07, 6.45) is 4.60. The number of non-ortho nitro benzene ring substituents is 1. The number of halogens is 1. The first-order valence-electron chi connectivity index (χ1n) is 8.17. The van der Waals surface area contributed by atoms with E-state index in [2.05, 4.69) is 0 Å². The maximum Gasteiger partial charge on any atom is 0.340 e. The van der Waals surface area contributed by atoms with Crippen molar-refractivity contribution in [3.8, 4) is 0 Å². The Balaban J connectivity index is 1.61. The first-order chi connectivity index (χ1) is 11.3. The second-order valence-electron chi connectivity index (χ2n) is 7.68. The van der Waals surface area contributed by atoms with Crippen molar-refractivity contribution in [3.05, 3.63) is 38.9 Å². The van der Waals surface area contributed by atoms with Gasteiger partial charge in [-0.15, -0.1) is 0 Å². The van der Waals surface area contributed by atoms with Crippen LogP contribution in [0.15, 0.2) is 18.2 Å². The topological polar surface area (TPSA) is 89.7 Å². The van der Waals surface area contributed by atoms with Crippen LogP contribution in [-0.2, 0) is 4.74 Å². The van der Waals surface area contributed by atoms with Gasteiger partial charge >= 0.3 is 5.97 Å². The molecule has 4 saturated carbocycles. The molecule has 4 fully saturated rings. The van der Waals surface area contributed by atoms with Gasteiger partial charge in [0, 0.05) is 18.6 Å². The largest absolute Gasteiger partial charge is 0.455 e. The number of nitrogens with zero attached hydrogens (tertiary/aromatic N) is 1. The quantitative estimate of drug-likeness (QED) is 0.511. The second kappa shape index (κ2) is 5.17. The lowest BCUT2D eigenvalue weighted by molar-refractivity contribution is -0.384. The Bertz CT molecular complexity index is 720. The number of hydrogen-bond donors (Lipinski definition) is 1. The van der Waals surface area contributed by atoms with Gasteiger partial charge in [0.05, 0.1) is 21.1 Å². The third-order valence-electron chi connectivity index (χ3n) is 5.67. The van der Waals surface area contributed by atoms with Crippen molar-refractivity contribution in [2.45, 2.75) is 49.7 Å². The molecule has 0 heterocycles. The number of nitro groups is 1. The van der Waals surface area contributed by atoms with Gasteiger partial charge in [0.2, 0.25) is 0 Å². The zero-order valence-electron chi connectivity index (χ0n) is 13.0. The number of nitro benzene ring substituents is 1. The molecule has 1 aromatic rings. The summed E-state index contributed by atoms with van der Waals surface area (Å²) in [7, 11) is 0. The molecule has 7 heteroatoms. The van der Waals surface area contributed by atoms with E-state index in [1.807, 2.05) is 0 Å². The van der Waals surface area contributed by atoms with Crippen LogP contribution < -0.4 is 0 Å². The Morgan fingerprint density at radius 2 is 1.96 bits per heavy atom. The lowest BCUT2D eigenvalue weighted by Crippen LogP contribution is -2.60. The van der Waals surface area contributed by atoms with Gasteiger partial charge < -0.3 is 9.84 Å². The lowest BCUT2D eigenvalue weighted by atomic mass is 9.52. The van der Waals surface area contributed by atoms with Crippen LogP contribution in [0.25, 0.3) is 0 Å². The third-order valence-corrected chi connectivity index (χ3v) is 6.00. The van der Waals surface area contributed by atoms with E-state index in [1.54, 1.807) is 0 Å². The van der Waals surface area contributed by atoms with Gasteiger partial charge in [0.15, 0.2) is 0 Å². The average molecular weight is 352 g/mol. The van der Waals surface area contributed by atoms with Gasteiger partial charge in [0.1, 0.15) is 5.60 Å². The molecule has 0 radical (unpaired) electrons. The number of carbonyl (C=O) groups excluding carboxylic acids is 1. The average Bonchev–Trinajstić information content (AvgIpc) is 2.43. The van der Waals surface area contributed by atoms with Crippen molar-refractivity contribution < 1.29 is 19.6 Å². The lowest BCUT2D eigenvalue weighted by Gasteiger charge is -2.59. The Hall–Kier alpha value is -1.66. The van der Waals surface area contributed by atoms with Crippen molar-refractivity contribution in [3.63, 3.8) is 0 Å². The zero-order chi connectivity index (χ0) is 17.1. The first-order valence-corrected chi connectivity index (χ1v) is 8.55. The summed E-state index contributed by atoms with van der Waals surface area (Å²) in [5.41, 5.74) is -1.59. The molecule has 0 spiro atoms. The van der Waals surface area contributed by atoms with Crippen LogP contribution in [0.1, 0.15) is 48.9 Å². The number of ether oxygens (including phenoxy) is 1. The summed E-state index contributed by atoms with van der Waals surface area (Å²) in [4.78, 5) is 23.0. The highest BCUT2D eigenvalue weighted by atomic mass is 35.5. The summed E-state index contributed by atoms with van der Waals surface area (Å²) in [5, 5.41) is 21.8. The van der Waals surface area contributed by atoms with Crippen LogP contribution in [0.5, 0.6) is 0 Å². The van der Waals surface area contributed by atoms with E-state index in [1.165, 1.54) is 12.1 Å². The van der Waals surface area contributed by atoms with Crippen LogP contribution in [0.4, 0.5) is 5.69 Å². The van der Waals surface area contributed by atoms with Crippen molar-refractivity contribution in [1.29, 1.82) is 0 Å². The number of esters is 1. The maximum atomic E-state index is 12.6. The molecule has 1 aromatic carbocycles. The number of aliphatic hydroxyl groups is 1. The number of hydrogen-bond acceptors (Lipinski definition) is 5. The standard InChI is InChI=1S/C17H18ClNO5/c18-14-2-1-12(19(22)23)4-13(14)15(20)24-17-7-10-3-11(8-17)6-16(21,5-10)9-17/h1-2,4,10-11,21H,3,5-9H2/t10-,11+,16-,17-. The van der Waals surface area contributed by atoms with Gasteiger partial charge in [-0.05, 0) is 50.0 Å². The Morgan fingerprint density at radius 1 is 1.29 bits per heavy atom. The molecule has 0 unspecified atom stereocenters. The third kappa shape index (κ3) is 2.58. The first kappa shape index (κ1) is 15.8. The summed E-state index contributed by atoms with van der Waals surface area (Å²) in [6, 6.07) is 3.75. The number of benzene rings is 1. The monoisotopic (exact) mass is 351 g/mol. The predicted molar refractivity (Wildman–Crippen MR) is 85.9 cm³/mol. The molecule has 24 heavy (non-hydrogen) atoms. The minimum Gasteiger partial charge on any atom is -0.455 e. The number of rotatable bonds is 3. The van der Waals surface area contributed by atoms with Gasteiger partial charge in [-0.25, -0.2) is 4.79 Å². The SMILES string of the molecule is O=C(O[C@@]12C[C@@H]3C[C@@H](C[C@](O)(C3)C1)C2)c1cc([N+](=O)[O-])ccc1Cl. The van der Waals surface area contributed by atoms with Gasteiger partial charge in [-0.2, -0.15) is 0 Å². The Labute approximate surface area is 143 Å². The molecule has 0 saturated heterocycles. The Kier molecular flexibility index (Phi) is 3.41. The molecule has 4 atom stereocenters. The molecule has 4 aliphatic rings.